The lowest BCUT2D eigenvalue weighted by atomic mass is 10.0. The summed E-state index contributed by atoms with van der Waals surface area (Å²) in [7, 11) is 0. The fraction of sp³-hybridized carbons (Fsp3) is 0.364. The van der Waals surface area contributed by atoms with Crippen molar-refractivity contribution in [1.29, 1.82) is 0 Å². The zero-order valence-corrected chi connectivity index (χ0v) is 16.2. The van der Waals surface area contributed by atoms with E-state index < -0.39 is 6.04 Å². The Morgan fingerprint density at radius 2 is 1.62 bits per heavy atom. The van der Waals surface area contributed by atoms with Crippen LogP contribution in [-0.4, -0.2) is 17.9 Å². The fourth-order valence-corrected chi connectivity index (χ4v) is 2.98. The van der Waals surface area contributed by atoms with Crippen LogP contribution < -0.4 is 10.6 Å². The molecule has 1 atom stereocenters. The third-order valence-corrected chi connectivity index (χ3v) is 4.61. The first kappa shape index (κ1) is 19.7. The van der Waals surface area contributed by atoms with Gasteiger partial charge in [0.05, 0.1) is 0 Å². The molecule has 4 nitrogen and oxygen atoms in total. The predicted molar refractivity (Wildman–Crippen MR) is 106 cm³/mol. The summed E-state index contributed by atoms with van der Waals surface area (Å²) in [6.45, 7) is 9.79. The molecule has 0 heterocycles. The summed E-state index contributed by atoms with van der Waals surface area (Å²) in [5.74, 6) is -0.444. The topological polar surface area (TPSA) is 58.2 Å². The number of rotatable bonds is 6. The van der Waals surface area contributed by atoms with Gasteiger partial charge in [-0.1, -0.05) is 57.2 Å². The van der Waals surface area contributed by atoms with Crippen molar-refractivity contribution in [2.75, 3.05) is 5.32 Å². The molecule has 0 radical (unpaired) electrons. The molecule has 2 aromatic rings. The van der Waals surface area contributed by atoms with Crippen molar-refractivity contribution in [2.24, 2.45) is 5.92 Å². The van der Waals surface area contributed by atoms with Crippen molar-refractivity contribution in [2.45, 2.75) is 47.1 Å². The van der Waals surface area contributed by atoms with Gasteiger partial charge in [-0.2, -0.15) is 0 Å². The third kappa shape index (κ3) is 4.51. The fourth-order valence-electron chi connectivity index (χ4n) is 2.98. The molecule has 2 rings (SSSR count). The summed E-state index contributed by atoms with van der Waals surface area (Å²) in [5.41, 5.74) is 4.43. The Balaban J connectivity index is 2.21. The maximum atomic E-state index is 12.9. The van der Waals surface area contributed by atoms with Gasteiger partial charge in [0.1, 0.15) is 6.04 Å². The molecule has 0 fully saturated rings. The molecule has 4 heteroatoms. The number of para-hydroxylation sites is 1. The van der Waals surface area contributed by atoms with Crippen molar-refractivity contribution < 1.29 is 9.59 Å². The SMILES string of the molecule is CCc1cccc(C)c1NC(=O)[C@@H](NC(=O)c1ccccc1C)C(C)C. The summed E-state index contributed by atoms with van der Waals surface area (Å²) in [6.07, 6.45) is 0.833. The smallest absolute Gasteiger partial charge is 0.252 e. The Bertz CT molecular complexity index is 796. The Morgan fingerprint density at radius 1 is 0.962 bits per heavy atom. The van der Waals surface area contributed by atoms with Crippen LogP contribution in [0.1, 0.15) is 47.8 Å². The molecule has 2 N–H and O–H groups in total. The lowest BCUT2D eigenvalue weighted by Crippen LogP contribution is -2.47. The van der Waals surface area contributed by atoms with E-state index in [0.29, 0.717) is 5.56 Å². The molecule has 0 aliphatic heterocycles. The minimum absolute atomic E-state index is 0.0305. The van der Waals surface area contributed by atoms with Crippen LogP contribution in [0.4, 0.5) is 5.69 Å². The summed E-state index contributed by atoms with van der Waals surface area (Å²) >= 11 is 0. The van der Waals surface area contributed by atoms with Crippen molar-refractivity contribution in [3.05, 3.63) is 64.7 Å². The first-order valence-corrected chi connectivity index (χ1v) is 9.11. The molecule has 0 unspecified atom stereocenters. The van der Waals surface area contributed by atoms with E-state index in [4.69, 9.17) is 0 Å². The Kier molecular flexibility index (Phi) is 6.56. The van der Waals surface area contributed by atoms with E-state index in [1.165, 1.54) is 0 Å². The van der Waals surface area contributed by atoms with E-state index in [-0.39, 0.29) is 17.7 Å². The van der Waals surface area contributed by atoms with Gasteiger partial charge in [0.25, 0.3) is 5.91 Å². The number of aryl methyl sites for hydroxylation is 3. The molecule has 2 amide bonds. The van der Waals surface area contributed by atoms with E-state index in [1.54, 1.807) is 6.07 Å². The van der Waals surface area contributed by atoms with Crippen molar-refractivity contribution in [1.82, 2.24) is 5.32 Å². The second-order valence-electron chi connectivity index (χ2n) is 6.96. The van der Waals surface area contributed by atoms with Gasteiger partial charge in [-0.3, -0.25) is 9.59 Å². The molecule has 0 aromatic heterocycles. The van der Waals surface area contributed by atoms with E-state index in [0.717, 1.165) is 28.8 Å². The van der Waals surface area contributed by atoms with Crippen LogP contribution in [0, 0.1) is 19.8 Å². The van der Waals surface area contributed by atoms with Gasteiger partial charge in [0.15, 0.2) is 0 Å². The first-order chi connectivity index (χ1) is 12.3. The van der Waals surface area contributed by atoms with Gasteiger partial charge in [0.2, 0.25) is 5.91 Å². The molecule has 0 saturated carbocycles. The zero-order chi connectivity index (χ0) is 19.3. The minimum atomic E-state index is -0.605. The van der Waals surface area contributed by atoms with Crippen LogP contribution in [0.15, 0.2) is 42.5 Å². The maximum Gasteiger partial charge on any atom is 0.252 e. The van der Waals surface area contributed by atoms with Gasteiger partial charge in [-0.15, -0.1) is 0 Å². The number of benzene rings is 2. The molecule has 0 aliphatic carbocycles. The largest absolute Gasteiger partial charge is 0.340 e. The van der Waals surface area contributed by atoms with Gasteiger partial charge in [-0.05, 0) is 48.9 Å². The summed E-state index contributed by atoms with van der Waals surface area (Å²) in [5, 5.41) is 5.93. The average Bonchev–Trinajstić information content (AvgIpc) is 2.61. The molecule has 26 heavy (non-hydrogen) atoms. The van der Waals surface area contributed by atoms with Crippen LogP contribution in [0.3, 0.4) is 0 Å². The van der Waals surface area contributed by atoms with Crippen LogP contribution >= 0.6 is 0 Å². The predicted octanol–water partition coefficient (Wildman–Crippen LogP) is 4.26. The number of anilines is 1. The average molecular weight is 352 g/mol. The normalized spacial score (nSPS) is 11.9. The molecule has 0 aliphatic rings. The molecule has 138 valence electrons. The van der Waals surface area contributed by atoms with Crippen LogP contribution in [0.5, 0.6) is 0 Å². The summed E-state index contributed by atoms with van der Waals surface area (Å²) in [6, 6.07) is 12.8. The maximum absolute atomic E-state index is 12.9. The van der Waals surface area contributed by atoms with Gasteiger partial charge < -0.3 is 10.6 Å². The standard InChI is InChI=1S/C22H28N2O2/c1-6-17-12-9-11-16(5)20(17)24-22(26)19(14(2)3)23-21(25)18-13-8-7-10-15(18)4/h7-14,19H,6H2,1-5H3,(H,23,25)(H,24,26)/t19-/m0/s1. The van der Waals surface area contributed by atoms with Crippen LogP contribution in [0.2, 0.25) is 0 Å². The highest BCUT2D eigenvalue weighted by molar-refractivity contribution is 6.02. The van der Waals surface area contributed by atoms with Gasteiger partial charge >= 0.3 is 0 Å². The van der Waals surface area contributed by atoms with Crippen molar-refractivity contribution >= 4 is 17.5 Å². The number of nitrogens with one attached hydrogen (secondary N) is 2. The lowest BCUT2D eigenvalue weighted by Gasteiger charge is -2.23. The molecule has 0 saturated heterocycles. The second kappa shape index (κ2) is 8.65. The van der Waals surface area contributed by atoms with Crippen molar-refractivity contribution in [3.8, 4) is 0 Å². The molecule has 0 spiro atoms. The highest BCUT2D eigenvalue weighted by Gasteiger charge is 2.26. The number of amides is 2. The second-order valence-corrected chi connectivity index (χ2v) is 6.96. The minimum Gasteiger partial charge on any atom is -0.340 e. The highest BCUT2D eigenvalue weighted by atomic mass is 16.2. The third-order valence-electron chi connectivity index (χ3n) is 4.61. The van der Waals surface area contributed by atoms with Crippen LogP contribution in [-0.2, 0) is 11.2 Å². The lowest BCUT2D eigenvalue weighted by molar-refractivity contribution is -0.118. The number of hydrogen-bond acceptors (Lipinski definition) is 2. The Hall–Kier alpha value is -2.62. The van der Waals surface area contributed by atoms with Gasteiger partial charge in [0, 0.05) is 11.3 Å². The monoisotopic (exact) mass is 352 g/mol. The van der Waals surface area contributed by atoms with Crippen molar-refractivity contribution in [3.63, 3.8) is 0 Å². The summed E-state index contributed by atoms with van der Waals surface area (Å²) in [4.78, 5) is 25.5. The Labute approximate surface area is 156 Å². The molecule has 2 aromatic carbocycles. The molecule has 0 bridgehead atoms. The highest BCUT2D eigenvalue weighted by Crippen LogP contribution is 2.22. The first-order valence-electron chi connectivity index (χ1n) is 9.11. The zero-order valence-electron chi connectivity index (χ0n) is 16.2. The molecular formula is C22H28N2O2. The number of carbonyl (C=O) groups is 2. The van der Waals surface area contributed by atoms with E-state index in [2.05, 4.69) is 17.6 Å². The Morgan fingerprint density at radius 3 is 2.23 bits per heavy atom. The van der Waals surface area contributed by atoms with Gasteiger partial charge in [-0.25, -0.2) is 0 Å². The van der Waals surface area contributed by atoms with E-state index >= 15 is 0 Å². The number of carbonyl (C=O) groups excluding carboxylic acids is 2. The van der Waals surface area contributed by atoms with Crippen LogP contribution in [0.25, 0.3) is 0 Å². The number of hydrogen-bond donors (Lipinski definition) is 2. The summed E-state index contributed by atoms with van der Waals surface area (Å²) < 4.78 is 0. The quantitative estimate of drug-likeness (QED) is 0.816. The molecular weight excluding hydrogens is 324 g/mol. The van der Waals surface area contributed by atoms with E-state index in [9.17, 15) is 9.59 Å². The van der Waals surface area contributed by atoms with E-state index in [1.807, 2.05) is 64.1 Å².